The van der Waals surface area contributed by atoms with E-state index in [2.05, 4.69) is 54.3 Å². The molecule has 0 saturated heterocycles. The Morgan fingerprint density at radius 3 is 2.46 bits per heavy atom. The lowest BCUT2D eigenvalue weighted by Crippen LogP contribution is -2.23. The molecular weight excluding hydrogens is 488 g/mol. The molecule has 2 rings (SSSR count). The number of rotatable bonds is 18. The highest BCUT2D eigenvalue weighted by Crippen LogP contribution is 2.37. The molecule has 0 amide bonds. The van der Waals surface area contributed by atoms with Gasteiger partial charge in [-0.3, -0.25) is 4.79 Å². The van der Waals surface area contributed by atoms with Gasteiger partial charge < -0.3 is 14.2 Å². The zero-order valence-corrected chi connectivity index (χ0v) is 23.7. The molecule has 0 aliphatic heterocycles. The molecule has 1 aromatic rings. The number of hydrogen-bond acceptors (Lipinski definition) is 5. The molecule has 0 radical (unpaired) electrons. The van der Waals surface area contributed by atoms with Gasteiger partial charge in [-0.2, -0.15) is 0 Å². The Bertz CT molecular complexity index is 923. The number of carbonyl (C=O) groups excluding carboxylic acids is 2. The third kappa shape index (κ3) is 14.5. The van der Waals surface area contributed by atoms with Crippen molar-refractivity contribution in [2.75, 3.05) is 6.61 Å². The monoisotopic (exact) mass is 534 g/mol. The summed E-state index contributed by atoms with van der Waals surface area (Å²) in [6.07, 6.45) is 27.4. The third-order valence-corrected chi connectivity index (χ3v) is 7.37. The van der Waals surface area contributed by atoms with E-state index in [0.717, 1.165) is 24.7 Å². The number of benzene rings is 1. The standard InChI is InChI=1S/C34H46O5/c1-4-17-30(18-5-2)27-37-34(36)39-28(3)38-33(35)26-15-7-6-13-22-31-24-16-25-32(31)23-14-9-12-21-29-19-10-8-11-20-29/h1-2,6,8,10-11,13,19-20,28,30-32H,7,9,12,14-18,21-27H2,3H3/b13-6-/t28?,31-,32-/m0/s1. The average Bonchev–Trinajstić information content (AvgIpc) is 3.37. The lowest BCUT2D eigenvalue weighted by Gasteiger charge is -2.18. The number of allylic oxidation sites excluding steroid dienone is 2. The molecule has 1 aliphatic rings. The van der Waals surface area contributed by atoms with Crippen molar-refractivity contribution < 1.29 is 23.8 Å². The normalized spacial score (nSPS) is 17.4. The molecule has 1 aliphatic carbocycles. The van der Waals surface area contributed by atoms with Crippen LogP contribution in [0.15, 0.2) is 42.5 Å². The summed E-state index contributed by atoms with van der Waals surface area (Å²) in [6.45, 7) is 1.55. The number of ether oxygens (including phenoxy) is 3. The maximum atomic E-state index is 12.1. The van der Waals surface area contributed by atoms with Gasteiger partial charge in [0.15, 0.2) is 0 Å². The summed E-state index contributed by atoms with van der Waals surface area (Å²) in [7, 11) is 0. The Labute approximate surface area is 236 Å². The van der Waals surface area contributed by atoms with E-state index >= 15 is 0 Å². The van der Waals surface area contributed by atoms with Gasteiger partial charge in [-0.15, -0.1) is 24.7 Å². The van der Waals surface area contributed by atoms with Gasteiger partial charge in [0, 0.05) is 32.1 Å². The van der Waals surface area contributed by atoms with Crippen molar-refractivity contribution in [2.45, 2.75) is 103 Å². The topological polar surface area (TPSA) is 61.8 Å². The Morgan fingerprint density at radius 2 is 1.72 bits per heavy atom. The molecule has 212 valence electrons. The maximum absolute atomic E-state index is 12.1. The molecule has 5 heteroatoms. The van der Waals surface area contributed by atoms with Gasteiger partial charge in [0.25, 0.3) is 0 Å². The molecule has 1 unspecified atom stereocenters. The van der Waals surface area contributed by atoms with Crippen LogP contribution >= 0.6 is 0 Å². The number of esters is 1. The minimum absolute atomic E-state index is 0.0661. The molecule has 0 aromatic heterocycles. The van der Waals surface area contributed by atoms with Crippen molar-refractivity contribution in [1.82, 2.24) is 0 Å². The third-order valence-electron chi connectivity index (χ3n) is 7.37. The summed E-state index contributed by atoms with van der Waals surface area (Å²) >= 11 is 0. The molecule has 3 atom stereocenters. The van der Waals surface area contributed by atoms with E-state index in [1.807, 2.05) is 0 Å². The van der Waals surface area contributed by atoms with Crippen LogP contribution in [0.4, 0.5) is 4.79 Å². The highest BCUT2D eigenvalue weighted by atomic mass is 16.8. The van der Waals surface area contributed by atoms with E-state index in [1.165, 1.54) is 63.9 Å². The molecule has 0 bridgehead atoms. The van der Waals surface area contributed by atoms with Gasteiger partial charge in [0.2, 0.25) is 6.29 Å². The molecule has 1 fully saturated rings. The molecule has 0 spiro atoms. The zero-order chi connectivity index (χ0) is 28.1. The van der Waals surface area contributed by atoms with Crippen molar-refractivity contribution >= 4 is 12.1 Å². The number of terminal acetylenes is 2. The highest BCUT2D eigenvalue weighted by Gasteiger charge is 2.25. The van der Waals surface area contributed by atoms with Crippen LogP contribution in [0.25, 0.3) is 0 Å². The van der Waals surface area contributed by atoms with Crippen LogP contribution in [0.1, 0.15) is 96.0 Å². The second kappa shape index (κ2) is 19.8. The smallest absolute Gasteiger partial charge is 0.434 e. The number of unbranched alkanes of at least 4 members (excludes halogenated alkanes) is 3. The minimum atomic E-state index is -1.02. The van der Waals surface area contributed by atoms with Crippen molar-refractivity contribution in [3.63, 3.8) is 0 Å². The second-order valence-electron chi connectivity index (χ2n) is 10.6. The number of aryl methyl sites for hydroxylation is 1. The summed E-state index contributed by atoms with van der Waals surface area (Å²) in [5.74, 6) is 6.15. The molecule has 5 nitrogen and oxygen atoms in total. The first-order valence-electron chi connectivity index (χ1n) is 14.6. The molecular formula is C34H46O5. The van der Waals surface area contributed by atoms with Crippen molar-refractivity contribution in [3.05, 3.63) is 48.0 Å². The van der Waals surface area contributed by atoms with Gasteiger partial charge >= 0.3 is 12.1 Å². The molecule has 0 heterocycles. The molecule has 0 N–H and O–H groups in total. The van der Waals surface area contributed by atoms with E-state index in [-0.39, 0.29) is 18.9 Å². The second-order valence-corrected chi connectivity index (χ2v) is 10.6. The quantitative estimate of drug-likeness (QED) is 0.0627. The fraction of sp³-hybridized carbons (Fsp3) is 0.588. The summed E-state index contributed by atoms with van der Waals surface area (Å²) in [4.78, 5) is 23.9. The largest absolute Gasteiger partial charge is 0.511 e. The van der Waals surface area contributed by atoms with E-state index in [4.69, 9.17) is 27.1 Å². The summed E-state index contributed by atoms with van der Waals surface area (Å²) in [5, 5.41) is 0. The lowest BCUT2D eigenvalue weighted by atomic mass is 9.88. The Balaban J connectivity index is 1.51. The van der Waals surface area contributed by atoms with Crippen LogP contribution in [-0.2, 0) is 25.4 Å². The van der Waals surface area contributed by atoms with E-state index in [1.54, 1.807) is 0 Å². The van der Waals surface area contributed by atoms with Crippen molar-refractivity contribution in [1.29, 1.82) is 0 Å². The van der Waals surface area contributed by atoms with Gasteiger partial charge in [-0.25, -0.2) is 4.79 Å². The minimum Gasteiger partial charge on any atom is -0.434 e. The summed E-state index contributed by atoms with van der Waals surface area (Å²) < 4.78 is 15.2. The van der Waals surface area contributed by atoms with E-state index in [9.17, 15) is 9.59 Å². The van der Waals surface area contributed by atoms with Crippen LogP contribution in [0, 0.1) is 42.4 Å². The van der Waals surface area contributed by atoms with Crippen LogP contribution in [0.2, 0.25) is 0 Å². The predicted molar refractivity (Wildman–Crippen MR) is 155 cm³/mol. The van der Waals surface area contributed by atoms with Gasteiger partial charge in [0.05, 0.1) is 6.61 Å². The van der Waals surface area contributed by atoms with Crippen molar-refractivity contribution in [2.24, 2.45) is 17.8 Å². The SMILES string of the molecule is C#CCC(CC#C)COC(=O)OC(C)OC(=O)CCC/C=C\C[C@H]1CCC[C@@H]1CCCCCc1ccccc1. The van der Waals surface area contributed by atoms with Crippen LogP contribution in [0.5, 0.6) is 0 Å². The molecule has 1 saturated carbocycles. The van der Waals surface area contributed by atoms with Crippen LogP contribution < -0.4 is 0 Å². The van der Waals surface area contributed by atoms with Crippen LogP contribution in [-0.4, -0.2) is 25.0 Å². The number of hydrogen-bond donors (Lipinski definition) is 0. The average molecular weight is 535 g/mol. The summed E-state index contributed by atoms with van der Waals surface area (Å²) in [6, 6.07) is 10.8. The zero-order valence-electron chi connectivity index (χ0n) is 23.7. The first-order valence-corrected chi connectivity index (χ1v) is 14.6. The Kier molecular flexibility index (Phi) is 16.3. The first-order chi connectivity index (χ1) is 19.0. The number of carbonyl (C=O) groups is 2. The lowest BCUT2D eigenvalue weighted by molar-refractivity contribution is -0.168. The Hall–Kier alpha value is -3.18. The molecule has 39 heavy (non-hydrogen) atoms. The van der Waals surface area contributed by atoms with E-state index < -0.39 is 18.4 Å². The van der Waals surface area contributed by atoms with Gasteiger partial charge in [-0.1, -0.05) is 74.6 Å². The first kappa shape index (κ1) is 32.0. The fourth-order valence-electron chi connectivity index (χ4n) is 5.26. The van der Waals surface area contributed by atoms with E-state index in [0.29, 0.717) is 19.3 Å². The highest BCUT2D eigenvalue weighted by molar-refractivity contribution is 5.69. The Morgan fingerprint density at radius 1 is 0.974 bits per heavy atom. The maximum Gasteiger partial charge on any atom is 0.511 e. The van der Waals surface area contributed by atoms with Crippen molar-refractivity contribution in [3.8, 4) is 24.7 Å². The predicted octanol–water partition coefficient (Wildman–Crippen LogP) is 8.03. The van der Waals surface area contributed by atoms with Gasteiger partial charge in [-0.05, 0) is 55.9 Å². The van der Waals surface area contributed by atoms with Crippen LogP contribution in [0.3, 0.4) is 0 Å². The fourth-order valence-corrected chi connectivity index (χ4v) is 5.26. The van der Waals surface area contributed by atoms with Gasteiger partial charge in [0.1, 0.15) is 0 Å². The molecule has 1 aromatic carbocycles. The summed E-state index contributed by atoms with van der Waals surface area (Å²) in [5.41, 5.74) is 1.44.